The van der Waals surface area contributed by atoms with Gasteiger partial charge >= 0.3 is 6.18 Å². The van der Waals surface area contributed by atoms with Gasteiger partial charge in [0.25, 0.3) is 0 Å². The SMILES string of the molecule is O=C(CC1COC1)Nc1cc2[nH]c(-c3ccnc(C(F)(F)F)n3)cc2cn1. The Morgan fingerprint density at radius 1 is 1.30 bits per heavy atom. The Bertz CT molecular complexity index is 998. The molecule has 1 aliphatic rings. The molecule has 0 spiro atoms. The number of ether oxygens (including phenoxy) is 1. The smallest absolute Gasteiger partial charge is 0.381 e. The second kappa shape index (κ2) is 6.62. The van der Waals surface area contributed by atoms with Crippen molar-refractivity contribution in [2.45, 2.75) is 12.6 Å². The Kier molecular flexibility index (Phi) is 4.27. The molecule has 3 aromatic rings. The number of anilines is 1. The van der Waals surface area contributed by atoms with E-state index in [-0.39, 0.29) is 17.5 Å². The largest absolute Gasteiger partial charge is 0.451 e. The summed E-state index contributed by atoms with van der Waals surface area (Å²) in [4.78, 5) is 25.9. The molecule has 3 aromatic heterocycles. The lowest BCUT2D eigenvalue weighted by Gasteiger charge is -2.24. The van der Waals surface area contributed by atoms with Crippen molar-refractivity contribution in [3.05, 3.63) is 36.4 Å². The van der Waals surface area contributed by atoms with Gasteiger partial charge in [-0.1, -0.05) is 0 Å². The van der Waals surface area contributed by atoms with Crippen LogP contribution in [0.1, 0.15) is 12.2 Å². The lowest BCUT2D eigenvalue weighted by atomic mass is 10.0. The molecule has 0 saturated carbocycles. The Morgan fingerprint density at radius 3 is 2.81 bits per heavy atom. The number of nitrogens with one attached hydrogen (secondary N) is 2. The first-order chi connectivity index (χ1) is 12.9. The van der Waals surface area contributed by atoms with Gasteiger partial charge in [0.2, 0.25) is 11.7 Å². The summed E-state index contributed by atoms with van der Waals surface area (Å²) in [5.41, 5.74) is 1.13. The molecule has 0 atom stereocenters. The molecule has 27 heavy (non-hydrogen) atoms. The van der Waals surface area contributed by atoms with E-state index in [1.807, 2.05) is 0 Å². The van der Waals surface area contributed by atoms with E-state index in [1.165, 1.54) is 12.3 Å². The maximum Gasteiger partial charge on any atom is 0.451 e. The maximum absolute atomic E-state index is 12.8. The van der Waals surface area contributed by atoms with Gasteiger partial charge in [0.05, 0.1) is 30.1 Å². The van der Waals surface area contributed by atoms with Crippen molar-refractivity contribution in [1.29, 1.82) is 0 Å². The van der Waals surface area contributed by atoms with E-state index in [9.17, 15) is 18.0 Å². The predicted octanol–water partition coefficient (Wildman–Crippen LogP) is 3.01. The first kappa shape index (κ1) is 17.4. The van der Waals surface area contributed by atoms with Crippen LogP contribution in [0.4, 0.5) is 19.0 Å². The van der Waals surface area contributed by atoms with Crippen molar-refractivity contribution >= 4 is 22.6 Å². The van der Waals surface area contributed by atoms with E-state index >= 15 is 0 Å². The van der Waals surface area contributed by atoms with Crippen molar-refractivity contribution in [3.63, 3.8) is 0 Å². The topological polar surface area (TPSA) is 92.8 Å². The fourth-order valence-corrected chi connectivity index (χ4v) is 2.74. The van der Waals surface area contributed by atoms with E-state index < -0.39 is 12.0 Å². The van der Waals surface area contributed by atoms with Crippen LogP contribution < -0.4 is 5.32 Å². The second-order valence-electron chi connectivity index (χ2n) is 6.26. The fourth-order valence-electron chi connectivity index (χ4n) is 2.74. The molecule has 140 valence electrons. The summed E-state index contributed by atoms with van der Waals surface area (Å²) >= 11 is 0. The number of fused-ring (bicyclic) bond motifs is 1. The molecule has 10 heteroatoms. The Morgan fingerprint density at radius 2 is 2.11 bits per heavy atom. The molecule has 7 nitrogen and oxygen atoms in total. The van der Waals surface area contributed by atoms with Crippen molar-refractivity contribution in [2.24, 2.45) is 5.92 Å². The fraction of sp³-hybridized carbons (Fsp3) is 0.294. The van der Waals surface area contributed by atoms with Gasteiger partial charge in [-0.25, -0.2) is 15.0 Å². The number of aromatic nitrogens is 4. The van der Waals surface area contributed by atoms with Crippen LogP contribution in [0.5, 0.6) is 0 Å². The molecular formula is C17H14F3N5O2. The molecule has 0 unspecified atom stereocenters. The van der Waals surface area contributed by atoms with Gasteiger partial charge in [0, 0.05) is 36.2 Å². The molecule has 0 aromatic carbocycles. The third-order valence-electron chi connectivity index (χ3n) is 4.14. The number of carbonyl (C=O) groups is 1. The zero-order chi connectivity index (χ0) is 19.0. The number of alkyl halides is 3. The zero-order valence-electron chi connectivity index (χ0n) is 13.9. The number of hydrogen-bond acceptors (Lipinski definition) is 5. The molecule has 0 aliphatic carbocycles. The molecule has 1 saturated heterocycles. The summed E-state index contributed by atoms with van der Waals surface area (Å²) in [7, 11) is 0. The number of rotatable bonds is 4. The average molecular weight is 377 g/mol. The van der Waals surface area contributed by atoms with Gasteiger partial charge in [-0.2, -0.15) is 13.2 Å². The minimum absolute atomic E-state index is 0.115. The number of aromatic amines is 1. The van der Waals surface area contributed by atoms with Crippen LogP contribution in [-0.4, -0.2) is 39.1 Å². The van der Waals surface area contributed by atoms with Crippen molar-refractivity contribution in [3.8, 4) is 11.4 Å². The van der Waals surface area contributed by atoms with E-state index in [2.05, 4.69) is 25.3 Å². The van der Waals surface area contributed by atoms with Crippen molar-refractivity contribution in [1.82, 2.24) is 19.9 Å². The molecule has 0 radical (unpaired) electrons. The third-order valence-corrected chi connectivity index (χ3v) is 4.14. The highest BCUT2D eigenvalue weighted by molar-refractivity contribution is 5.93. The van der Waals surface area contributed by atoms with Gasteiger partial charge in [-0.05, 0) is 12.1 Å². The second-order valence-corrected chi connectivity index (χ2v) is 6.26. The number of pyridine rings is 1. The first-order valence-electron chi connectivity index (χ1n) is 8.15. The quantitative estimate of drug-likeness (QED) is 0.729. The van der Waals surface area contributed by atoms with E-state index in [0.717, 1.165) is 6.20 Å². The molecule has 1 fully saturated rings. The monoisotopic (exact) mass is 377 g/mol. The van der Waals surface area contributed by atoms with Gasteiger partial charge < -0.3 is 15.0 Å². The molecule has 2 N–H and O–H groups in total. The Labute approximate surface area is 151 Å². The Balaban J connectivity index is 1.56. The minimum atomic E-state index is -4.62. The average Bonchev–Trinajstić information content (AvgIpc) is 3.01. The lowest BCUT2D eigenvalue weighted by molar-refractivity contribution is -0.144. The van der Waals surface area contributed by atoms with Crippen LogP contribution in [-0.2, 0) is 15.7 Å². The number of hydrogen-bond donors (Lipinski definition) is 2. The highest BCUT2D eigenvalue weighted by Crippen LogP contribution is 2.29. The summed E-state index contributed by atoms with van der Waals surface area (Å²) < 4.78 is 43.4. The normalized spacial score (nSPS) is 14.9. The highest BCUT2D eigenvalue weighted by atomic mass is 19.4. The van der Waals surface area contributed by atoms with E-state index in [4.69, 9.17) is 4.74 Å². The van der Waals surface area contributed by atoms with Crippen LogP contribution in [0.3, 0.4) is 0 Å². The van der Waals surface area contributed by atoms with Crippen LogP contribution in [0.15, 0.2) is 30.6 Å². The molecule has 0 bridgehead atoms. The summed E-state index contributed by atoms with van der Waals surface area (Å²) in [5, 5.41) is 3.39. The number of carbonyl (C=O) groups excluding carboxylic acids is 1. The molecule has 1 aliphatic heterocycles. The summed E-state index contributed by atoms with van der Waals surface area (Å²) in [6, 6.07) is 4.65. The number of nitrogens with zero attached hydrogens (tertiary/aromatic N) is 3. The van der Waals surface area contributed by atoms with Crippen LogP contribution in [0.25, 0.3) is 22.3 Å². The van der Waals surface area contributed by atoms with Crippen molar-refractivity contribution in [2.75, 3.05) is 18.5 Å². The standard InChI is InChI=1S/C17H14F3N5O2/c18-17(19,20)16-21-2-1-11(24-16)13-4-10-6-22-14(5-12(10)23-13)25-15(26)3-9-7-27-8-9/h1-2,4-6,9,23H,3,7-8H2,(H,22,25,26). The minimum Gasteiger partial charge on any atom is -0.381 e. The van der Waals surface area contributed by atoms with E-state index in [0.29, 0.717) is 42.0 Å². The van der Waals surface area contributed by atoms with Gasteiger partial charge in [0.1, 0.15) is 5.82 Å². The first-order valence-corrected chi connectivity index (χ1v) is 8.15. The van der Waals surface area contributed by atoms with Gasteiger partial charge in [-0.3, -0.25) is 4.79 Å². The van der Waals surface area contributed by atoms with Gasteiger partial charge in [0.15, 0.2) is 0 Å². The van der Waals surface area contributed by atoms with Crippen molar-refractivity contribution < 1.29 is 22.7 Å². The molecule has 4 heterocycles. The number of H-pyrrole nitrogens is 1. The summed E-state index contributed by atoms with van der Waals surface area (Å²) in [5.74, 6) is -0.775. The molecule has 1 amide bonds. The van der Waals surface area contributed by atoms with Crippen LogP contribution in [0, 0.1) is 5.92 Å². The number of amides is 1. The van der Waals surface area contributed by atoms with Crippen LogP contribution in [0.2, 0.25) is 0 Å². The Hall–Kier alpha value is -3.01. The van der Waals surface area contributed by atoms with Crippen LogP contribution >= 0.6 is 0 Å². The molecule has 4 rings (SSSR count). The zero-order valence-corrected chi connectivity index (χ0v) is 13.9. The molecular weight excluding hydrogens is 363 g/mol. The lowest BCUT2D eigenvalue weighted by Crippen LogP contribution is -2.31. The summed E-state index contributed by atoms with van der Waals surface area (Å²) in [6.07, 6.45) is -1.67. The maximum atomic E-state index is 12.8. The van der Waals surface area contributed by atoms with Gasteiger partial charge in [-0.15, -0.1) is 0 Å². The van der Waals surface area contributed by atoms with E-state index in [1.54, 1.807) is 12.1 Å². The predicted molar refractivity (Wildman–Crippen MR) is 89.7 cm³/mol. The summed E-state index contributed by atoms with van der Waals surface area (Å²) in [6.45, 7) is 1.16. The third kappa shape index (κ3) is 3.75. The highest BCUT2D eigenvalue weighted by Gasteiger charge is 2.34. The number of halogens is 3.